The third-order valence-electron chi connectivity index (χ3n) is 5.10. The number of thiazole rings is 1. The van der Waals surface area contributed by atoms with Crippen LogP contribution in [0.15, 0.2) is 47.3 Å². The maximum Gasteiger partial charge on any atom is 0.416 e. The summed E-state index contributed by atoms with van der Waals surface area (Å²) < 4.78 is 51.1. The molecule has 0 unspecified atom stereocenters. The number of alkyl halides is 3. The predicted molar refractivity (Wildman–Crippen MR) is 131 cm³/mol. The van der Waals surface area contributed by atoms with Crippen molar-refractivity contribution in [2.24, 2.45) is 0 Å². The Morgan fingerprint density at radius 1 is 1.06 bits per heavy atom. The first-order chi connectivity index (χ1) is 17.0. The summed E-state index contributed by atoms with van der Waals surface area (Å²) >= 11 is 1.00. The number of nitrogens with zero attached hydrogens (tertiary/aromatic N) is 1. The van der Waals surface area contributed by atoms with Gasteiger partial charge in [-0.25, -0.2) is 4.79 Å². The summed E-state index contributed by atoms with van der Waals surface area (Å²) in [5.41, 5.74) is 0.137. The summed E-state index contributed by atoms with van der Waals surface area (Å²) in [6, 6.07) is 9.32. The first-order valence-electron chi connectivity index (χ1n) is 11.1. The zero-order chi connectivity index (χ0) is 26.5. The highest BCUT2D eigenvalue weighted by atomic mass is 32.1. The number of hydrogen-bond acceptors (Lipinski definition) is 6. The molecule has 190 valence electrons. The predicted octanol–water partition coefficient (Wildman–Crippen LogP) is 3.75. The summed E-state index contributed by atoms with van der Waals surface area (Å²) in [4.78, 5) is 37.4. The standard InChI is InChI=1S/C26H24F3NO5S/c1-4-34-21-11-8-18(16(3)31)13-19(21)15-30-23(14-24(32)35-5-2)36-22(25(30)33)12-17-6-9-20(10-7-17)26(27,28)29/h6-14H,4-5,15H2,1-3H3/b22-12-,23-14-. The van der Waals surface area contributed by atoms with Gasteiger partial charge < -0.3 is 9.47 Å². The van der Waals surface area contributed by atoms with Crippen LogP contribution in [0.2, 0.25) is 0 Å². The van der Waals surface area contributed by atoms with Gasteiger partial charge >= 0.3 is 12.1 Å². The molecule has 36 heavy (non-hydrogen) atoms. The van der Waals surface area contributed by atoms with Crippen molar-refractivity contribution < 1.29 is 32.2 Å². The lowest BCUT2D eigenvalue weighted by Crippen LogP contribution is -2.32. The Bertz CT molecular complexity index is 1440. The van der Waals surface area contributed by atoms with Gasteiger partial charge in [-0.15, -0.1) is 11.3 Å². The van der Waals surface area contributed by atoms with Gasteiger partial charge in [0, 0.05) is 11.1 Å². The van der Waals surface area contributed by atoms with E-state index in [1.807, 2.05) is 0 Å². The fourth-order valence-corrected chi connectivity index (χ4v) is 4.42. The molecule has 1 heterocycles. The minimum Gasteiger partial charge on any atom is -0.494 e. The zero-order valence-electron chi connectivity index (χ0n) is 19.8. The quantitative estimate of drug-likeness (QED) is 0.335. The van der Waals surface area contributed by atoms with Gasteiger partial charge in [0.1, 0.15) is 10.4 Å². The average molecular weight is 520 g/mol. The number of benzene rings is 2. The largest absolute Gasteiger partial charge is 0.494 e. The van der Waals surface area contributed by atoms with Gasteiger partial charge in [0.25, 0.3) is 5.56 Å². The molecule has 0 amide bonds. The number of halogens is 3. The Hall–Kier alpha value is -3.66. The van der Waals surface area contributed by atoms with Crippen LogP contribution >= 0.6 is 11.3 Å². The number of carbonyl (C=O) groups is 2. The molecule has 0 saturated carbocycles. The topological polar surface area (TPSA) is 74.6 Å². The lowest BCUT2D eigenvalue weighted by molar-refractivity contribution is -0.137. The van der Waals surface area contributed by atoms with Crippen LogP contribution in [0.5, 0.6) is 5.75 Å². The number of ether oxygens (including phenoxy) is 2. The van der Waals surface area contributed by atoms with E-state index < -0.39 is 23.3 Å². The number of rotatable bonds is 8. The molecule has 0 saturated heterocycles. The summed E-state index contributed by atoms with van der Waals surface area (Å²) in [5.74, 6) is -0.321. The number of hydrogen-bond donors (Lipinski definition) is 0. The number of aromatic nitrogens is 1. The maximum absolute atomic E-state index is 13.3. The Balaban J connectivity index is 2.16. The fourth-order valence-electron chi connectivity index (χ4n) is 3.39. The third-order valence-corrected chi connectivity index (χ3v) is 6.16. The summed E-state index contributed by atoms with van der Waals surface area (Å²) in [6.45, 7) is 5.38. The molecule has 0 bridgehead atoms. The van der Waals surface area contributed by atoms with Gasteiger partial charge in [-0.3, -0.25) is 14.2 Å². The number of ketones is 1. The van der Waals surface area contributed by atoms with Crippen molar-refractivity contribution in [2.75, 3.05) is 13.2 Å². The number of Topliss-reactive ketones (excluding diaryl/α,β-unsaturated/α-hetero) is 1. The van der Waals surface area contributed by atoms with Crippen LogP contribution < -0.4 is 19.5 Å². The molecule has 0 N–H and O–H groups in total. The molecule has 0 atom stereocenters. The Morgan fingerprint density at radius 2 is 1.75 bits per heavy atom. The van der Waals surface area contributed by atoms with Crippen LogP contribution in [0.3, 0.4) is 0 Å². The molecule has 0 aliphatic heterocycles. The number of esters is 1. The monoisotopic (exact) mass is 519 g/mol. The van der Waals surface area contributed by atoms with Crippen LogP contribution in [0.25, 0.3) is 12.2 Å². The molecule has 0 radical (unpaired) electrons. The van der Waals surface area contributed by atoms with Gasteiger partial charge in [-0.1, -0.05) is 12.1 Å². The summed E-state index contributed by atoms with van der Waals surface area (Å²) in [7, 11) is 0. The second-order valence-electron chi connectivity index (χ2n) is 7.67. The van der Waals surface area contributed by atoms with Gasteiger partial charge in [0.15, 0.2) is 5.78 Å². The Morgan fingerprint density at radius 3 is 2.33 bits per heavy atom. The van der Waals surface area contributed by atoms with Crippen LogP contribution in [0.1, 0.15) is 47.8 Å². The van der Waals surface area contributed by atoms with Crippen molar-refractivity contribution in [3.63, 3.8) is 0 Å². The van der Waals surface area contributed by atoms with E-state index >= 15 is 0 Å². The minimum absolute atomic E-state index is 0.00211. The summed E-state index contributed by atoms with van der Waals surface area (Å²) in [5, 5.41) is 0. The molecular formula is C26H24F3NO5S. The molecular weight excluding hydrogens is 495 g/mol. The molecule has 2 aromatic carbocycles. The second-order valence-corrected chi connectivity index (χ2v) is 8.73. The first-order valence-corrected chi connectivity index (χ1v) is 11.9. The highest BCUT2D eigenvalue weighted by Gasteiger charge is 2.29. The molecule has 3 aromatic rings. The molecule has 3 rings (SSSR count). The average Bonchev–Trinajstić information content (AvgIpc) is 3.08. The molecule has 6 nitrogen and oxygen atoms in total. The molecule has 10 heteroatoms. The lowest BCUT2D eigenvalue weighted by atomic mass is 10.1. The number of carbonyl (C=O) groups excluding carboxylic acids is 2. The van der Waals surface area contributed by atoms with Crippen molar-refractivity contribution >= 4 is 35.2 Å². The zero-order valence-corrected chi connectivity index (χ0v) is 20.7. The van der Waals surface area contributed by atoms with Crippen molar-refractivity contribution in [1.29, 1.82) is 0 Å². The summed E-state index contributed by atoms with van der Waals surface area (Å²) in [6.07, 6.45) is -1.82. The molecule has 0 spiro atoms. The fraction of sp³-hybridized carbons (Fsp3) is 0.269. The van der Waals surface area contributed by atoms with E-state index in [0.29, 0.717) is 29.0 Å². The maximum atomic E-state index is 13.3. The van der Waals surface area contributed by atoms with Crippen LogP contribution in [0, 0.1) is 0 Å². The van der Waals surface area contributed by atoms with Crippen LogP contribution in [-0.2, 0) is 22.3 Å². The Kier molecular flexibility index (Phi) is 8.52. The van der Waals surface area contributed by atoms with E-state index in [0.717, 1.165) is 23.5 Å². The van der Waals surface area contributed by atoms with Crippen LogP contribution in [-0.4, -0.2) is 29.5 Å². The smallest absolute Gasteiger partial charge is 0.416 e. The van der Waals surface area contributed by atoms with Crippen molar-refractivity contribution in [2.45, 2.75) is 33.5 Å². The normalized spacial score (nSPS) is 12.6. The molecule has 0 fully saturated rings. The van der Waals surface area contributed by atoms with Gasteiger partial charge in [-0.2, -0.15) is 13.2 Å². The molecule has 0 aliphatic carbocycles. The van der Waals surface area contributed by atoms with Gasteiger partial charge in [0.05, 0.1) is 35.9 Å². The van der Waals surface area contributed by atoms with E-state index in [4.69, 9.17) is 9.47 Å². The molecule has 0 aliphatic rings. The lowest BCUT2D eigenvalue weighted by Gasteiger charge is -2.12. The van der Waals surface area contributed by atoms with E-state index in [1.165, 1.54) is 35.8 Å². The van der Waals surface area contributed by atoms with Crippen molar-refractivity contribution in [1.82, 2.24) is 4.57 Å². The second kappa shape index (κ2) is 11.4. The van der Waals surface area contributed by atoms with Crippen molar-refractivity contribution in [3.8, 4) is 5.75 Å². The SMILES string of the molecule is CCOC(=O)/C=c1\s/c(=C\c2ccc(C(F)(F)F)cc2)c(=O)n1Cc1cc(C(C)=O)ccc1OCC. The minimum atomic E-state index is -4.47. The highest BCUT2D eigenvalue weighted by molar-refractivity contribution is 7.07. The van der Waals surface area contributed by atoms with Crippen molar-refractivity contribution in [3.05, 3.63) is 84.3 Å². The van der Waals surface area contributed by atoms with Gasteiger partial charge in [-0.05, 0) is 62.7 Å². The third kappa shape index (κ3) is 6.51. The van der Waals surface area contributed by atoms with E-state index in [9.17, 15) is 27.6 Å². The van der Waals surface area contributed by atoms with Crippen LogP contribution in [0.4, 0.5) is 13.2 Å². The molecule has 1 aromatic heterocycles. The first kappa shape index (κ1) is 26.9. The van der Waals surface area contributed by atoms with E-state index in [2.05, 4.69) is 0 Å². The van der Waals surface area contributed by atoms with E-state index in [1.54, 1.807) is 32.0 Å². The highest BCUT2D eigenvalue weighted by Crippen LogP contribution is 2.29. The Labute approximate surface area is 208 Å². The van der Waals surface area contributed by atoms with E-state index in [-0.39, 0.29) is 28.1 Å². The van der Waals surface area contributed by atoms with Gasteiger partial charge in [0.2, 0.25) is 0 Å².